The zero-order valence-corrected chi connectivity index (χ0v) is 23.4. The molecule has 3 N–H and O–H groups in total. The summed E-state index contributed by atoms with van der Waals surface area (Å²) in [4.78, 5) is 29.6. The number of thiazole rings is 1. The number of aromatic nitrogens is 6. The van der Waals surface area contributed by atoms with Gasteiger partial charge in [0.25, 0.3) is 5.91 Å². The first-order chi connectivity index (χ1) is 19.5. The highest BCUT2D eigenvalue weighted by molar-refractivity contribution is 7.13. The van der Waals surface area contributed by atoms with Crippen LogP contribution < -0.4 is 20.9 Å². The van der Waals surface area contributed by atoms with Crippen LogP contribution in [0.4, 0.5) is 16.6 Å². The number of imidazole rings is 1. The summed E-state index contributed by atoms with van der Waals surface area (Å²) < 4.78 is 3.69. The number of amides is 1. The van der Waals surface area contributed by atoms with Gasteiger partial charge in [0.1, 0.15) is 11.2 Å². The van der Waals surface area contributed by atoms with Crippen LogP contribution in [0.2, 0.25) is 0 Å². The summed E-state index contributed by atoms with van der Waals surface area (Å²) in [6, 6.07) is 5.29. The van der Waals surface area contributed by atoms with E-state index in [2.05, 4.69) is 42.0 Å². The molecule has 0 atom stereocenters. The van der Waals surface area contributed by atoms with E-state index >= 15 is 0 Å². The Kier molecular flexibility index (Phi) is 6.35. The zero-order valence-electron chi connectivity index (χ0n) is 22.6. The van der Waals surface area contributed by atoms with Gasteiger partial charge < -0.3 is 25.3 Å². The number of hydrogen-bond donors (Lipinski definition) is 3. The number of nitrogens with one attached hydrogen (secondary N) is 3. The van der Waals surface area contributed by atoms with Crippen molar-refractivity contribution in [2.75, 3.05) is 28.6 Å². The average molecular weight is 557 g/mol. The van der Waals surface area contributed by atoms with Gasteiger partial charge in [-0.2, -0.15) is 5.10 Å². The number of fused-ring (bicyclic) bond motifs is 2. The molecule has 7 rings (SSSR count). The number of carbonyl (C=O) groups is 1. The summed E-state index contributed by atoms with van der Waals surface area (Å²) in [5.74, 6) is 0.226. The fraction of sp³-hybridized carbons (Fsp3) is 0.393. The van der Waals surface area contributed by atoms with Gasteiger partial charge in [-0.1, -0.05) is 0 Å². The first kappa shape index (κ1) is 25.0. The van der Waals surface area contributed by atoms with Gasteiger partial charge in [-0.05, 0) is 44.7 Å². The zero-order chi connectivity index (χ0) is 27.2. The third-order valence-corrected chi connectivity index (χ3v) is 8.34. The van der Waals surface area contributed by atoms with Gasteiger partial charge in [0, 0.05) is 67.3 Å². The molecule has 206 valence electrons. The topological polar surface area (TPSA) is 117 Å². The minimum atomic E-state index is -0.238. The van der Waals surface area contributed by atoms with Gasteiger partial charge in [-0.25, -0.2) is 9.97 Å². The summed E-state index contributed by atoms with van der Waals surface area (Å²) >= 11 is 1.53. The summed E-state index contributed by atoms with van der Waals surface area (Å²) in [6.45, 7) is 4.41. The Hall–Kier alpha value is -4.03. The predicted octanol–water partition coefficient (Wildman–Crippen LogP) is 3.97. The number of piperidine rings is 1. The summed E-state index contributed by atoms with van der Waals surface area (Å²) in [5.41, 5.74) is 4.69. The quantitative estimate of drug-likeness (QED) is 0.263. The Morgan fingerprint density at radius 2 is 1.90 bits per heavy atom. The maximum atomic E-state index is 13.5. The SMILES string of the molecule is Cc1cn2cc(NC(=O)c3ccc(N4CCC(NC5CC5)CC4)c4cn(C)nc34)nc2c(CNc2nccs2)n1. The van der Waals surface area contributed by atoms with Crippen LogP contribution in [0.25, 0.3) is 16.6 Å². The molecule has 0 radical (unpaired) electrons. The van der Waals surface area contributed by atoms with Crippen LogP contribution in [0.3, 0.4) is 0 Å². The smallest absolute Gasteiger partial charge is 0.259 e. The van der Waals surface area contributed by atoms with Crippen molar-refractivity contribution in [3.63, 3.8) is 0 Å². The molecule has 1 aromatic carbocycles. The molecule has 12 heteroatoms. The molecule has 4 aromatic heterocycles. The number of benzene rings is 1. The molecule has 0 spiro atoms. The lowest BCUT2D eigenvalue weighted by molar-refractivity contribution is 0.102. The highest BCUT2D eigenvalue weighted by Crippen LogP contribution is 2.32. The Labute approximate surface area is 235 Å². The number of hydrogen-bond acceptors (Lipinski definition) is 9. The minimum Gasteiger partial charge on any atom is -0.371 e. The predicted molar refractivity (Wildman–Crippen MR) is 157 cm³/mol. The van der Waals surface area contributed by atoms with E-state index < -0.39 is 0 Å². The van der Waals surface area contributed by atoms with E-state index in [0.717, 1.165) is 59.6 Å². The molecule has 1 saturated carbocycles. The van der Waals surface area contributed by atoms with Crippen LogP contribution in [-0.2, 0) is 13.6 Å². The van der Waals surface area contributed by atoms with Crippen molar-refractivity contribution in [2.45, 2.75) is 51.2 Å². The second-order valence-corrected chi connectivity index (χ2v) is 11.6. The van der Waals surface area contributed by atoms with E-state index in [0.29, 0.717) is 35.1 Å². The first-order valence-electron chi connectivity index (χ1n) is 13.8. The molecule has 40 heavy (non-hydrogen) atoms. The molecular formula is C28H32N10OS. The lowest BCUT2D eigenvalue weighted by atomic mass is 10.0. The first-order valence-corrected chi connectivity index (χ1v) is 14.7. The van der Waals surface area contributed by atoms with Crippen molar-refractivity contribution in [2.24, 2.45) is 7.05 Å². The summed E-state index contributed by atoms with van der Waals surface area (Å²) in [7, 11) is 1.90. The van der Waals surface area contributed by atoms with E-state index in [1.807, 2.05) is 48.4 Å². The normalized spacial score (nSPS) is 16.2. The minimum absolute atomic E-state index is 0.238. The van der Waals surface area contributed by atoms with Gasteiger partial charge in [-0.15, -0.1) is 11.3 Å². The molecular weight excluding hydrogens is 524 g/mol. The van der Waals surface area contributed by atoms with Crippen molar-refractivity contribution < 1.29 is 4.79 Å². The van der Waals surface area contributed by atoms with Crippen LogP contribution in [0.15, 0.2) is 42.3 Å². The largest absolute Gasteiger partial charge is 0.371 e. The molecule has 1 saturated heterocycles. The number of rotatable bonds is 8. The standard InChI is InChI=1S/C28H32N10OS/c1-17-14-38-16-24(33-26(38)22(31-17)13-30-28-29-9-12-40-28)34-27(39)20-5-6-23(21-15-36(2)35-25(20)21)37-10-7-19(8-11-37)32-18-3-4-18/h5-6,9,12,14-16,18-19,32H,3-4,7-8,10-11,13H2,1-2H3,(H,29,30)(H,34,39). The number of nitrogens with zero attached hydrogens (tertiary/aromatic N) is 7. The van der Waals surface area contributed by atoms with Gasteiger partial charge in [0.15, 0.2) is 16.6 Å². The fourth-order valence-corrected chi connectivity index (χ4v) is 6.09. The van der Waals surface area contributed by atoms with E-state index in [4.69, 9.17) is 4.98 Å². The monoisotopic (exact) mass is 556 g/mol. The number of anilines is 3. The molecule has 0 bridgehead atoms. The molecule has 2 aliphatic rings. The molecule has 2 fully saturated rings. The van der Waals surface area contributed by atoms with Gasteiger partial charge in [-0.3, -0.25) is 14.5 Å². The maximum Gasteiger partial charge on any atom is 0.259 e. The molecule has 5 aromatic rings. The van der Waals surface area contributed by atoms with E-state index in [1.54, 1.807) is 10.9 Å². The van der Waals surface area contributed by atoms with E-state index in [9.17, 15) is 4.79 Å². The summed E-state index contributed by atoms with van der Waals surface area (Å²) in [6.07, 6.45) is 12.4. The molecule has 11 nitrogen and oxygen atoms in total. The van der Waals surface area contributed by atoms with Gasteiger partial charge in [0.2, 0.25) is 0 Å². The Morgan fingerprint density at radius 1 is 1.07 bits per heavy atom. The van der Waals surface area contributed by atoms with Crippen LogP contribution in [0, 0.1) is 6.92 Å². The lowest BCUT2D eigenvalue weighted by Crippen LogP contribution is -2.43. The van der Waals surface area contributed by atoms with Crippen LogP contribution >= 0.6 is 11.3 Å². The van der Waals surface area contributed by atoms with Crippen molar-refractivity contribution in [1.82, 2.24) is 34.4 Å². The Morgan fingerprint density at radius 3 is 2.67 bits per heavy atom. The fourth-order valence-electron chi connectivity index (χ4n) is 5.57. The Balaban J connectivity index is 1.11. The molecule has 5 heterocycles. The summed E-state index contributed by atoms with van der Waals surface area (Å²) in [5, 5.41) is 18.5. The van der Waals surface area contributed by atoms with E-state index in [-0.39, 0.29) is 5.91 Å². The van der Waals surface area contributed by atoms with E-state index in [1.165, 1.54) is 24.2 Å². The third-order valence-electron chi connectivity index (χ3n) is 7.61. The third kappa shape index (κ3) is 5.00. The molecule has 1 aliphatic heterocycles. The van der Waals surface area contributed by atoms with Crippen molar-refractivity contribution >= 4 is 50.4 Å². The van der Waals surface area contributed by atoms with Crippen molar-refractivity contribution in [1.29, 1.82) is 0 Å². The number of carbonyl (C=O) groups excluding carboxylic acids is 1. The van der Waals surface area contributed by atoms with Crippen molar-refractivity contribution in [3.8, 4) is 0 Å². The molecule has 1 amide bonds. The Bertz CT molecular complexity index is 1680. The van der Waals surface area contributed by atoms with Crippen LogP contribution in [-0.4, -0.2) is 60.2 Å². The van der Waals surface area contributed by atoms with Gasteiger partial charge >= 0.3 is 0 Å². The lowest BCUT2D eigenvalue weighted by Gasteiger charge is -2.34. The highest BCUT2D eigenvalue weighted by atomic mass is 32.1. The second-order valence-electron chi connectivity index (χ2n) is 10.7. The number of aryl methyl sites for hydroxylation is 2. The second kappa shape index (κ2) is 10.2. The molecule has 0 unspecified atom stereocenters. The van der Waals surface area contributed by atoms with Crippen LogP contribution in [0.1, 0.15) is 47.4 Å². The maximum absolute atomic E-state index is 13.5. The van der Waals surface area contributed by atoms with Crippen molar-refractivity contribution in [3.05, 3.63) is 59.3 Å². The average Bonchev–Trinajstić information content (AvgIpc) is 3.27. The van der Waals surface area contributed by atoms with Gasteiger partial charge in [0.05, 0.1) is 24.0 Å². The van der Waals surface area contributed by atoms with Crippen LogP contribution in [0.5, 0.6) is 0 Å². The molecule has 1 aliphatic carbocycles. The highest BCUT2D eigenvalue weighted by Gasteiger charge is 2.28.